The molecule has 152 valence electrons. The van der Waals surface area contributed by atoms with Gasteiger partial charge in [-0.1, -0.05) is 18.2 Å². The zero-order chi connectivity index (χ0) is 21.3. The predicted octanol–water partition coefficient (Wildman–Crippen LogP) is 3.50. The first-order chi connectivity index (χ1) is 14.5. The molecule has 1 aromatic heterocycles. The van der Waals surface area contributed by atoms with Crippen molar-refractivity contribution < 1.29 is 29.0 Å². The molecule has 0 saturated carbocycles. The van der Waals surface area contributed by atoms with Gasteiger partial charge in [0.2, 0.25) is 5.75 Å². The number of benzene rings is 3. The van der Waals surface area contributed by atoms with Crippen LogP contribution in [0.5, 0.6) is 17.2 Å². The van der Waals surface area contributed by atoms with Gasteiger partial charge in [-0.2, -0.15) is 0 Å². The lowest BCUT2D eigenvalue weighted by molar-refractivity contribution is -0.0325. The van der Waals surface area contributed by atoms with Crippen molar-refractivity contribution in [2.75, 3.05) is 21.3 Å². The SMILES string of the molecule is COc1cc2c3c(c4c5ccccc5n(C)c4c2c(OC)c1OC)C(=O)N(O)C3=O. The molecule has 1 aliphatic rings. The number of ether oxygens (including phenoxy) is 3. The zero-order valence-corrected chi connectivity index (χ0v) is 16.8. The Balaban J connectivity index is 2.20. The van der Waals surface area contributed by atoms with Crippen LogP contribution in [-0.2, 0) is 7.05 Å². The van der Waals surface area contributed by atoms with Gasteiger partial charge in [-0.05, 0) is 12.1 Å². The second-order valence-electron chi connectivity index (χ2n) is 7.04. The van der Waals surface area contributed by atoms with Gasteiger partial charge in [-0.15, -0.1) is 5.06 Å². The summed E-state index contributed by atoms with van der Waals surface area (Å²) >= 11 is 0. The summed E-state index contributed by atoms with van der Waals surface area (Å²) in [6.45, 7) is 0. The second kappa shape index (κ2) is 6.11. The van der Waals surface area contributed by atoms with Gasteiger partial charge in [0, 0.05) is 28.7 Å². The fraction of sp³-hybridized carbons (Fsp3) is 0.182. The van der Waals surface area contributed by atoms with E-state index in [-0.39, 0.29) is 16.2 Å². The molecule has 0 unspecified atom stereocenters. The third-order valence-electron chi connectivity index (χ3n) is 5.76. The molecule has 2 amide bonds. The largest absolute Gasteiger partial charge is 0.493 e. The molecular formula is C22H18N2O6. The topological polar surface area (TPSA) is 90.2 Å². The van der Waals surface area contributed by atoms with E-state index in [1.165, 1.54) is 21.3 Å². The van der Waals surface area contributed by atoms with Gasteiger partial charge in [0.15, 0.2) is 11.5 Å². The van der Waals surface area contributed by atoms with Crippen molar-refractivity contribution in [1.82, 2.24) is 9.63 Å². The van der Waals surface area contributed by atoms with Crippen LogP contribution in [0.4, 0.5) is 0 Å². The Bertz CT molecular complexity index is 1420. The lowest BCUT2D eigenvalue weighted by Gasteiger charge is -2.17. The molecule has 2 heterocycles. The number of carbonyl (C=O) groups excluding carboxylic acids is 2. The molecule has 8 heteroatoms. The number of rotatable bonds is 3. The summed E-state index contributed by atoms with van der Waals surface area (Å²) in [6, 6.07) is 9.21. The number of hydroxylamine groups is 2. The molecular weight excluding hydrogens is 388 g/mol. The Labute approximate surface area is 170 Å². The smallest absolute Gasteiger partial charge is 0.286 e. The Morgan fingerprint density at radius 3 is 2.17 bits per heavy atom. The molecule has 3 aromatic carbocycles. The van der Waals surface area contributed by atoms with Crippen LogP contribution in [0.25, 0.3) is 32.6 Å². The summed E-state index contributed by atoms with van der Waals surface area (Å²) in [7, 11) is 6.36. The average molecular weight is 406 g/mol. The predicted molar refractivity (Wildman–Crippen MR) is 110 cm³/mol. The quantitative estimate of drug-likeness (QED) is 0.414. The molecule has 0 fully saturated rings. The number of imide groups is 1. The van der Waals surface area contributed by atoms with E-state index in [1.807, 2.05) is 35.9 Å². The van der Waals surface area contributed by atoms with Crippen LogP contribution in [0.3, 0.4) is 0 Å². The summed E-state index contributed by atoms with van der Waals surface area (Å²) in [5.41, 5.74) is 1.84. The first kappa shape index (κ1) is 18.3. The molecule has 0 radical (unpaired) electrons. The van der Waals surface area contributed by atoms with Crippen LogP contribution in [0.1, 0.15) is 20.7 Å². The van der Waals surface area contributed by atoms with Gasteiger partial charge in [-0.25, -0.2) is 0 Å². The van der Waals surface area contributed by atoms with Crippen LogP contribution in [0.15, 0.2) is 30.3 Å². The number of carbonyl (C=O) groups is 2. The number of aryl methyl sites for hydroxylation is 1. The number of hydrogen-bond acceptors (Lipinski definition) is 6. The molecule has 0 bridgehead atoms. The normalized spacial score (nSPS) is 13.6. The summed E-state index contributed by atoms with van der Waals surface area (Å²) in [4.78, 5) is 25.8. The molecule has 8 nitrogen and oxygen atoms in total. The van der Waals surface area contributed by atoms with Crippen molar-refractivity contribution in [1.29, 1.82) is 0 Å². The highest BCUT2D eigenvalue weighted by molar-refractivity contribution is 6.37. The maximum atomic E-state index is 12.9. The van der Waals surface area contributed by atoms with E-state index in [0.717, 1.165) is 10.9 Å². The number of hydrogen-bond donors (Lipinski definition) is 1. The molecule has 4 aromatic rings. The highest BCUT2D eigenvalue weighted by Gasteiger charge is 2.41. The molecule has 0 aliphatic carbocycles. The maximum Gasteiger partial charge on any atom is 0.286 e. The van der Waals surface area contributed by atoms with Gasteiger partial charge < -0.3 is 18.8 Å². The van der Waals surface area contributed by atoms with Crippen molar-refractivity contribution in [2.24, 2.45) is 7.05 Å². The Morgan fingerprint density at radius 2 is 1.50 bits per heavy atom. The molecule has 1 N–H and O–H groups in total. The number of aromatic nitrogens is 1. The van der Waals surface area contributed by atoms with Gasteiger partial charge >= 0.3 is 0 Å². The highest BCUT2D eigenvalue weighted by Crippen LogP contribution is 2.50. The first-order valence-electron chi connectivity index (χ1n) is 9.19. The van der Waals surface area contributed by atoms with Crippen molar-refractivity contribution in [3.63, 3.8) is 0 Å². The fourth-order valence-corrected chi connectivity index (χ4v) is 4.53. The van der Waals surface area contributed by atoms with Crippen LogP contribution < -0.4 is 14.2 Å². The molecule has 5 rings (SSSR count). The van der Waals surface area contributed by atoms with Crippen molar-refractivity contribution >= 4 is 44.4 Å². The summed E-state index contributed by atoms with van der Waals surface area (Å²) < 4.78 is 18.7. The highest BCUT2D eigenvalue weighted by atomic mass is 16.5. The van der Waals surface area contributed by atoms with Crippen LogP contribution in [-0.4, -0.2) is 48.0 Å². The zero-order valence-electron chi connectivity index (χ0n) is 16.8. The second-order valence-corrected chi connectivity index (χ2v) is 7.04. The third-order valence-corrected chi connectivity index (χ3v) is 5.76. The minimum absolute atomic E-state index is 0.112. The average Bonchev–Trinajstić information content (AvgIpc) is 3.19. The van der Waals surface area contributed by atoms with Crippen LogP contribution in [0, 0.1) is 0 Å². The number of methoxy groups -OCH3 is 3. The van der Waals surface area contributed by atoms with Crippen molar-refractivity contribution in [2.45, 2.75) is 0 Å². The first-order valence-corrected chi connectivity index (χ1v) is 9.19. The molecule has 0 atom stereocenters. The maximum absolute atomic E-state index is 12.9. The summed E-state index contributed by atoms with van der Waals surface area (Å²) in [6.07, 6.45) is 0. The van der Waals surface area contributed by atoms with Crippen LogP contribution >= 0.6 is 0 Å². The van der Waals surface area contributed by atoms with E-state index >= 15 is 0 Å². The minimum Gasteiger partial charge on any atom is -0.493 e. The lowest BCUT2D eigenvalue weighted by atomic mass is 9.93. The van der Waals surface area contributed by atoms with Crippen molar-refractivity contribution in [3.8, 4) is 17.2 Å². The monoisotopic (exact) mass is 406 g/mol. The number of amides is 2. The molecule has 1 aliphatic heterocycles. The van der Waals surface area contributed by atoms with E-state index in [1.54, 1.807) is 6.07 Å². The van der Waals surface area contributed by atoms with E-state index in [0.29, 0.717) is 38.9 Å². The van der Waals surface area contributed by atoms with Crippen molar-refractivity contribution in [3.05, 3.63) is 41.5 Å². The summed E-state index contributed by atoms with van der Waals surface area (Å²) in [5, 5.41) is 12.7. The fourth-order valence-electron chi connectivity index (χ4n) is 4.53. The van der Waals surface area contributed by atoms with Crippen LogP contribution in [0.2, 0.25) is 0 Å². The third kappa shape index (κ3) is 1.98. The number of nitrogens with zero attached hydrogens (tertiary/aromatic N) is 2. The molecule has 30 heavy (non-hydrogen) atoms. The van der Waals surface area contributed by atoms with E-state index in [4.69, 9.17) is 14.2 Å². The number of para-hydroxylation sites is 1. The van der Waals surface area contributed by atoms with Gasteiger partial charge in [0.05, 0.1) is 43.4 Å². The van der Waals surface area contributed by atoms with E-state index in [2.05, 4.69) is 0 Å². The standard InChI is InChI=1S/C22H18N2O6/c1-23-12-8-6-5-7-10(12)14-17-15(21(25)24(27)22(17)26)11-9-13(28-2)19(29-3)20(30-4)16(11)18(14)23/h5-9,27H,1-4H3. The Kier molecular flexibility index (Phi) is 3.72. The summed E-state index contributed by atoms with van der Waals surface area (Å²) in [5.74, 6) is -0.450. The van der Waals surface area contributed by atoms with Gasteiger partial charge in [0.1, 0.15) is 0 Å². The van der Waals surface area contributed by atoms with Gasteiger partial charge in [-0.3, -0.25) is 14.8 Å². The molecule has 0 saturated heterocycles. The minimum atomic E-state index is -0.788. The molecule has 0 spiro atoms. The van der Waals surface area contributed by atoms with E-state index in [9.17, 15) is 14.8 Å². The van der Waals surface area contributed by atoms with E-state index < -0.39 is 11.8 Å². The Hall–Kier alpha value is -3.78. The van der Waals surface area contributed by atoms with Gasteiger partial charge in [0.25, 0.3) is 11.8 Å². The number of fused-ring (bicyclic) bond motifs is 8. The Morgan fingerprint density at radius 1 is 0.833 bits per heavy atom. The lowest BCUT2D eigenvalue weighted by Crippen LogP contribution is -2.25.